The Kier molecular flexibility index (Phi) is 4.46. The lowest BCUT2D eigenvalue weighted by atomic mass is 10.3. The Balaban J connectivity index is 1.88. The molecule has 1 heterocycles. The molecule has 0 aliphatic rings. The van der Waals surface area contributed by atoms with E-state index in [2.05, 4.69) is 15.7 Å². The van der Waals surface area contributed by atoms with Gasteiger partial charge in [-0.15, -0.1) is 0 Å². The van der Waals surface area contributed by atoms with E-state index < -0.39 is 0 Å². The first-order valence-electron chi connectivity index (χ1n) is 6.00. The second-order valence-corrected chi connectivity index (χ2v) is 4.36. The van der Waals surface area contributed by atoms with Crippen LogP contribution in [-0.4, -0.2) is 14.9 Å². The summed E-state index contributed by atoms with van der Waals surface area (Å²) in [5.41, 5.74) is 1.67. The van der Waals surface area contributed by atoms with Crippen molar-refractivity contribution in [3.05, 3.63) is 48.0 Å². The molecule has 2 aromatic rings. The van der Waals surface area contributed by atoms with Crippen LogP contribution in [0.4, 0.5) is 10.1 Å². The maximum atomic E-state index is 13.0. The number of aryl methyl sites for hydroxylation is 1. The van der Waals surface area contributed by atoms with E-state index in [4.69, 9.17) is 12.2 Å². The highest BCUT2D eigenvalue weighted by Gasteiger charge is 2.02. The van der Waals surface area contributed by atoms with Crippen molar-refractivity contribution in [3.63, 3.8) is 0 Å². The average molecular weight is 278 g/mol. The summed E-state index contributed by atoms with van der Waals surface area (Å²) in [4.78, 5) is 0. The summed E-state index contributed by atoms with van der Waals surface area (Å²) in [6.45, 7) is 3.42. The van der Waals surface area contributed by atoms with Gasteiger partial charge in [-0.05, 0) is 43.4 Å². The van der Waals surface area contributed by atoms with Gasteiger partial charge in [0.25, 0.3) is 0 Å². The first kappa shape index (κ1) is 13.5. The Morgan fingerprint density at radius 2 is 2.26 bits per heavy atom. The van der Waals surface area contributed by atoms with Crippen molar-refractivity contribution >= 4 is 23.0 Å². The number of hydrogen-bond donors (Lipinski definition) is 2. The van der Waals surface area contributed by atoms with Crippen molar-refractivity contribution in [1.82, 2.24) is 15.1 Å². The third-order valence-electron chi connectivity index (χ3n) is 2.62. The maximum Gasteiger partial charge on any atom is 0.171 e. The number of benzene rings is 1. The summed E-state index contributed by atoms with van der Waals surface area (Å²) in [6, 6.07) is 8.10. The summed E-state index contributed by atoms with van der Waals surface area (Å²) < 4.78 is 14.9. The molecule has 0 atom stereocenters. The number of nitrogens with one attached hydrogen (secondary N) is 2. The van der Waals surface area contributed by atoms with E-state index in [1.165, 1.54) is 12.1 Å². The van der Waals surface area contributed by atoms with Gasteiger partial charge in [-0.3, -0.25) is 4.68 Å². The van der Waals surface area contributed by atoms with Crippen LogP contribution in [0.3, 0.4) is 0 Å². The zero-order chi connectivity index (χ0) is 13.7. The van der Waals surface area contributed by atoms with Gasteiger partial charge >= 0.3 is 0 Å². The number of thiocarbonyl (C=S) groups is 1. The van der Waals surface area contributed by atoms with Crippen LogP contribution in [0, 0.1) is 5.82 Å². The predicted molar refractivity (Wildman–Crippen MR) is 77.4 cm³/mol. The summed E-state index contributed by atoms with van der Waals surface area (Å²) in [5, 5.41) is 10.6. The topological polar surface area (TPSA) is 41.9 Å². The van der Waals surface area contributed by atoms with Crippen molar-refractivity contribution in [3.8, 4) is 0 Å². The highest BCUT2D eigenvalue weighted by atomic mass is 32.1. The fourth-order valence-corrected chi connectivity index (χ4v) is 1.90. The third-order valence-corrected chi connectivity index (χ3v) is 2.86. The van der Waals surface area contributed by atoms with Gasteiger partial charge in [-0.25, -0.2) is 4.39 Å². The first-order chi connectivity index (χ1) is 9.19. The van der Waals surface area contributed by atoms with E-state index in [1.807, 2.05) is 17.7 Å². The van der Waals surface area contributed by atoms with E-state index in [0.717, 1.165) is 12.2 Å². The fourth-order valence-electron chi connectivity index (χ4n) is 1.71. The largest absolute Gasteiger partial charge is 0.357 e. The monoisotopic (exact) mass is 278 g/mol. The van der Waals surface area contributed by atoms with Gasteiger partial charge in [0.15, 0.2) is 5.11 Å². The molecule has 0 spiro atoms. The molecule has 19 heavy (non-hydrogen) atoms. The molecule has 0 aliphatic carbocycles. The molecule has 0 saturated heterocycles. The molecule has 2 N–H and O–H groups in total. The minimum absolute atomic E-state index is 0.295. The Bertz CT molecular complexity index is 567. The van der Waals surface area contributed by atoms with E-state index in [1.54, 1.807) is 18.3 Å². The summed E-state index contributed by atoms with van der Waals surface area (Å²) in [7, 11) is 0. The number of anilines is 1. The molecule has 4 nitrogen and oxygen atoms in total. The minimum Gasteiger partial charge on any atom is -0.357 e. The molecule has 2 rings (SSSR count). The highest BCUT2D eigenvalue weighted by molar-refractivity contribution is 7.80. The number of rotatable bonds is 4. The Morgan fingerprint density at radius 1 is 1.42 bits per heavy atom. The smallest absolute Gasteiger partial charge is 0.171 e. The van der Waals surface area contributed by atoms with Gasteiger partial charge in [-0.2, -0.15) is 5.10 Å². The van der Waals surface area contributed by atoms with Crippen LogP contribution in [0.5, 0.6) is 0 Å². The fraction of sp³-hybridized carbons (Fsp3) is 0.231. The van der Waals surface area contributed by atoms with Crippen LogP contribution in [0.25, 0.3) is 0 Å². The zero-order valence-corrected chi connectivity index (χ0v) is 11.4. The molecule has 0 bridgehead atoms. The van der Waals surface area contributed by atoms with Crippen molar-refractivity contribution in [2.45, 2.75) is 20.0 Å². The van der Waals surface area contributed by atoms with Crippen molar-refractivity contribution in [2.75, 3.05) is 5.32 Å². The van der Waals surface area contributed by atoms with Crippen molar-refractivity contribution in [1.29, 1.82) is 0 Å². The summed E-state index contributed by atoms with van der Waals surface area (Å²) in [5.74, 6) is -0.295. The SMILES string of the molecule is CCn1nccc1CNC(=S)Nc1cccc(F)c1. The molecule has 0 saturated carbocycles. The molecule has 0 fully saturated rings. The van der Waals surface area contributed by atoms with Crippen LogP contribution in [0.1, 0.15) is 12.6 Å². The lowest BCUT2D eigenvalue weighted by Crippen LogP contribution is -2.28. The lowest BCUT2D eigenvalue weighted by Gasteiger charge is -2.11. The van der Waals surface area contributed by atoms with Gasteiger partial charge in [0.05, 0.1) is 12.2 Å². The van der Waals surface area contributed by atoms with Crippen LogP contribution in [-0.2, 0) is 13.1 Å². The first-order valence-corrected chi connectivity index (χ1v) is 6.41. The van der Waals surface area contributed by atoms with E-state index in [0.29, 0.717) is 17.3 Å². The van der Waals surface area contributed by atoms with Crippen LogP contribution < -0.4 is 10.6 Å². The molecule has 1 aromatic carbocycles. The Morgan fingerprint density at radius 3 is 3.00 bits per heavy atom. The molecule has 0 radical (unpaired) electrons. The van der Waals surface area contributed by atoms with Gasteiger partial charge in [0.2, 0.25) is 0 Å². The zero-order valence-electron chi connectivity index (χ0n) is 10.6. The van der Waals surface area contributed by atoms with Gasteiger partial charge < -0.3 is 10.6 Å². The number of hydrogen-bond acceptors (Lipinski definition) is 2. The normalized spacial score (nSPS) is 10.2. The second kappa shape index (κ2) is 6.29. The van der Waals surface area contributed by atoms with E-state index in [9.17, 15) is 4.39 Å². The average Bonchev–Trinajstić information content (AvgIpc) is 2.83. The molecule has 100 valence electrons. The maximum absolute atomic E-state index is 13.0. The van der Waals surface area contributed by atoms with Gasteiger partial charge in [-0.1, -0.05) is 6.07 Å². The highest BCUT2D eigenvalue weighted by Crippen LogP contribution is 2.08. The van der Waals surface area contributed by atoms with Crippen LogP contribution in [0.15, 0.2) is 36.5 Å². The van der Waals surface area contributed by atoms with Crippen molar-refractivity contribution < 1.29 is 4.39 Å². The number of aromatic nitrogens is 2. The quantitative estimate of drug-likeness (QED) is 0.843. The molecule has 0 aliphatic heterocycles. The molecule has 0 unspecified atom stereocenters. The molecule has 1 aromatic heterocycles. The van der Waals surface area contributed by atoms with E-state index in [-0.39, 0.29) is 5.82 Å². The predicted octanol–water partition coefficient (Wildman–Crippen LogP) is 2.53. The van der Waals surface area contributed by atoms with Gasteiger partial charge in [0, 0.05) is 18.4 Å². The molecular weight excluding hydrogens is 263 g/mol. The van der Waals surface area contributed by atoms with Crippen molar-refractivity contribution in [2.24, 2.45) is 0 Å². The number of nitrogens with zero attached hydrogens (tertiary/aromatic N) is 2. The second-order valence-electron chi connectivity index (χ2n) is 3.96. The third kappa shape index (κ3) is 3.75. The van der Waals surface area contributed by atoms with Crippen LogP contribution in [0.2, 0.25) is 0 Å². The summed E-state index contributed by atoms with van der Waals surface area (Å²) in [6.07, 6.45) is 1.75. The standard InChI is InChI=1S/C13H15FN4S/c1-2-18-12(6-7-16-18)9-15-13(19)17-11-5-3-4-10(14)8-11/h3-8H,2,9H2,1H3,(H2,15,17,19). The number of halogens is 1. The van der Waals surface area contributed by atoms with E-state index >= 15 is 0 Å². The van der Waals surface area contributed by atoms with Gasteiger partial charge in [0.1, 0.15) is 5.82 Å². The minimum atomic E-state index is -0.295. The molecular formula is C13H15FN4S. The molecule has 6 heteroatoms. The van der Waals surface area contributed by atoms with Crippen LogP contribution >= 0.6 is 12.2 Å². The Hall–Kier alpha value is -1.95. The lowest BCUT2D eigenvalue weighted by molar-refractivity contribution is 0.614. The Labute approximate surface area is 116 Å². The summed E-state index contributed by atoms with van der Waals surface area (Å²) >= 11 is 5.16. The molecule has 0 amide bonds.